The number of carbonyl (C=O) groups excluding carboxylic acids is 2. The second-order valence-electron chi connectivity index (χ2n) is 5.28. The minimum Gasteiger partial charge on any atom is -0.493 e. The van der Waals surface area contributed by atoms with Crippen LogP contribution in [0.5, 0.6) is 11.5 Å². The van der Waals surface area contributed by atoms with Crippen LogP contribution in [0.3, 0.4) is 0 Å². The number of rotatable bonds is 4. The molecule has 2 aromatic rings. The van der Waals surface area contributed by atoms with E-state index in [9.17, 15) is 9.59 Å². The van der Waals surface area contributed by atoms with Crippen molar-refractivity contribution in [2.24, 2.45) is 0 Å². The average Bonchev–Trinajstić information content (AvgIpc) is 2.86. The highest BCUT2D eigenvalue weighted by Crippen LogP contribution is 2.37. The molecule has 5 heteroatoms. The molecule has 0 aliphatic heterocycles. The van der Waals surface area contributed by atoms with E-state index in [1.54, 1.807) is 36.4 Å². The van der Waals surface area contributed by atoms with Crippen molar-refractivity contribution >= 4 is 33.6 Å². The highest BCUT2D eigenvalue weighted by molar-refractivity contribution is 9.10. The van der Waals surface area contributed by atoms with E-state index in [1.165, 1.54) is 13.2 Å². The molecule has 0 amide bonds. The fourth-order valence-corrected chi connectivity index (χ4v) is 3.13. The number of terminal acetylenes is 1. The molecule has 3 rings (SSSR count). The lowest BCUT2D eigenvalue weighted by atomic mass is 10.1. The van der Waals surface area contributed by atoms with Crippen molar-refractivity contribution in [3.8, 4) is 23.8 Å². The zero-order valence-electron chi connectivity index (χ0n) is 13.3. The monoisotopic (exact) mass is 396 g/mol. The van der Waals surface area contributed by atoms with Crippen LogP contribution in [0.2, 0.25) is 0 Å². The van der Waals surface area contributed by atoms with Crippen molar-refractivity contribution in [2.75, 3.05) is 13.7 Å². The summed E-state index contributed by atoms with van der Waals surface area (Å²) in [5.74, 6) is 2.62. The molecule has 0 N–H and O–H groups in total. The third kappa shape index (κ3) is 3.09. The van der Waals surface area contributed by atoms with Crippen LogP contribution in [0.15, 0.2) is 46.4 Å². The Morgan fingerprint density at radius 1 is 1.16 bits per heavy atom. The van der Waals surface area contributed by atoms with Crippen LogP contribution in [0.25, 0.3) is 6.08 Å². The van der Waals surface area contributed by atoms with Crippen molar-refractivity contribution in [3.63, 3.8) is 0 Å². The molecule has 0 bridgehead atoms. The normalized spacial score (nSPS) is 12.6. The summed E-state index contributed by atoms with van der Waals surface area (Å²) >= 11 is 3.39. The number of methoxy groups -OCH3 is 1. The zero-order chi connectivity index (χ0) is 18.0. The summed E-state index contributed by atoms with van der Waals surface area (Å²) in [4.78, 5) is 25.1. The summed E-state index contributed by atoms with van der Waals surface area (Å²) < 4.78 is 11.6. The van der Waals surface area contributed by atoms with Gasteiger partial charge in [0.15, 0.2) is 23.1 Å². The van der Waals surface area contributed by atoms with Crippen molar-refractivity contribution in [3.05, 3.63) is 63.1 Å². The Hall–Kier alpha value is -2.84. The molecule has 0 atom stereocenters. The van der Waals surface area contributed by atoms with Gasteiger partial charge in [0.1, 0.15) is 6.61 Å². The summed E-state index contributed by atoms with van der Waals surface area (Å²) in [6, 6.07) is 10.2. The van der Waals surface area contributed by atoms with Gasteiger partial charge in [-0.1, -0.05) is 46.1 Å². The predicted octanol–water partition coefficient (Wildman–Crippen LogP) is 3.93. The maximum atomic E-state index is 12.6. The molecule has 1 aliphatic carbocycles. The third-order valence-electron chi connectivity index (χ3n) is 3.77. The van der Waals surface area contributed by atoms with E-state index in [1.807, 2.05) is 0 Å². The zero-order valence-corrected chi connectivity index (χ0v) is 14.9. The predicted molar refractivity (Wildman–Crippen MR) is 98.1 cm³/mol. The van der Waals surface area contributed by atoms with Gasteiger partial charge in [0.25, 0.3) is 0 Å². The van der Waals surface area contributed by atoms with Gasteiger partial charge in [-0.05, 0) is 18.2 Å². The smallest absolute Gasteiger partial charge is 0.197 e. The van der Waals surface area contributed by atoms with E-state index in [4.69, 9.17) is 15.9 Å². The molecule has 0 saturated heterocycles. The van der Waals surface area contributed by atoms with Gasteiger partial charge < -0.3 is 9.47 Å². The molecule has 0 saturated carbocycles. The molecular formula is C20H13BrO4. The highest BCUT2D eigenvalue weighted by Gasteiger charge is 2.33. The van der Waals surface area contributed by atoms with E-state index >= 15 is 0 Å². The van der Waals surface area contributed by atoms with Gasteiger partial charge in [-0.15, -0.1) is 6.42 Å². The second-order valence-corrected chi connectivity index (χ2v) is 6.20. The summed E-state index contributed by atoms with van der Waals surface area (Å²) in [6.07, 6.45) is 6.78. The molecule has 0 fully saturated rings. The van der Waals surface area contributed by atoms with Crippen molar-refractivity contribution in [1.29, 1.82) is 0 Å². The third-order valence-corrected chi connectivity index (χ3v) is 4.23. The molecule has 0 heterocycles. The molecular weight excluding hydrogens is 384 g/mol. The van der Waals surface area contributed by atoms with Crippen LogP contribution in [-0.2, 0) is 0 Å². The van der Waals surface area contributed by atoms with Gasteiger partial charge in [-0.25, -0.2) is 0 Å². The average molecular weight is 397 g/mol. The first-order valence-corrected chi connectivity index (χ1v) is 8.20. The highest BCUT2D eigenvalue weighted by atomic mass is 79.9. The number of ketones is 2. The molecule has 2 aromatic carbocycles. The Balaban J connectivity index is 2.13. The minimum atomic E-state index is -0.303. The van der Waals surface area contributed by atoms with Crippen LogP contribution >= 0.6 is 15.9 Å². The van der Waals surface area contributed by atoms with Crippen molar-refractivity contribution in [2.45, 2.75) is 0 Å². The van der Waals surface area contributed by atoms with E-state index < -0.39 is 0 Å². The number of ether oxygens (including phenoxy) is 2. The SMILES string of the molecule is C#CCOc1c(C=C2C(=O)c3ccccc3C2=O)cc(Br)cc1OC. The maximum Gasteiger partial charge on any atom is 0.197 e. The van der Waals surface area contributed by atoms with Crippen molar-refractivity contribution < 1.29 is 19.1 Å². The Morgan fingerprint density at radius 2 is 1.80 bits per heavy atom. The molecule has 0 radical (unpaired) electrons. The quantitative estimate of drug-likeness (QED) is 0.446. The Kier molecular flexibility index (Phi) is 4.73. The van der Waals surface area contributed by atoms with Crippen LogP contribution < -0.4 is 9.47 Å². The number of hydrogen-bond donors (Lipinski definition) is 0. The number of allylic oxidation sites excluding steroid dienone is 1. The van der Waals surface area contributed by atoms with Crippen LogP contribution in [0, 0.1) is 12.3 Å². The largest absolute Gasteiger partial charge is 0.493 e. The van der Waals surface area contributed by atoms with E-state index in [-0.39, 0.29) is 23.7 Å². The van der Waals surface area contributed by atoms with Gasteiger partial charge in [0.2, 0.25) is 0 Å². The van der Waals surface area contributed by atoms with E-state index in [0.717, 1.165) is 4.47 Å². The molecule has 1 aliphatic rings. The number of fused-ring (bicyclic) bond motifs is 1. The molecule has 124 valence electrons. The molecule has 0 unspecified atom stereocenters. The minimum absolute atomic E-state index is 0.0380. The van der Waals surface area contributed by atoms with Gasteiger partial charge in [0, 0.05) is 21.2 Å². The maximum absolute atomic E-state index is 12.6. The van der Waals surface area contributed by atoms with Gasteiger partial charge in [0.05, 0.1) is 12.7 Å². The molecule has 4 nitrogen and oxygen atoms in total. The summed E-state index contributed by atoms with van der Waals surface area (Å²) in [5.41, 5.74) is 1.44. The molecule has 0 spiro atoms. The fraction of sp³-hybridized carbons (Fsp3) is 0.100. The van der Waals surface area contributed by atoms with Crippen molar-refractivity contribution in [1.82, 2.24) is 0 Å². The number of carbonyl (C=O) groups is 2. The number of Topliss-reactive ketones (excluding diaryl/α,β-unsaturated/α-hetero) is 2. The fourth-order valence-electron chi connectivity index (χ4n) is 2.67. The first kappa shape index (κ1) is 17.0. The lowest BCUT2D eigenvalue weighted by Crippen LogP contribution is -2.03. The van der Waals surface area contributed by atoms with Gasteiger partial charge in [-0.2, -0.15) is 0 Å². The number of hydrogen-bond acceptors (Lipinski definition) is 4. The summed E-state index contributed by atoms with van der Waals surface area (Å²) in [6.45, 7) is 0.0380. The van der Waals surface area contributed by atoms with Crippen LogP contribution in [0.1, 0.15) is 26.3 Å². The standard InChI is InChI=1S/C20H13BrO4/c1-3-8-25-20-12(9-13(21)11-17(20)24-2)10-16-18(22)14-6-4-5-7-15(14)19(16)23/h1,4-7,9-11H,8H2,2H3. The van der Waals surface area contributed by atoms with Gasteiger partial charge in [-0.3, -0.25) is 9.59 Å². The summed E-state index contributed by atoms with van der Waals surface area (Å²) in [5, 5.41) is 0. The lowest BCUT2D eigenvalue weighted by molar-refractivity contribution is 0.0990. The topological polar surface area (TPSA) is 52.6 Å². The van der Waals surface area contributed by atoms with Gasteiger partial charge >= 0.3 is 0 Å². The Labute approximate surface area is 153 Å². The van der Waals surface area contributed by atoms with Crippen LogP contribution in [0.4, 0.5) is 0 Å². The second kappa shape index (κ2) is 6.96. The first-order chi connectivity index (χ1) is 12.1. The molecule has 0 aromatic heterocycles. The first-order valence-electron chi connectivity index (χ1n) is 7.40. The van der Waals surface area contributed by atoms with Crippen LogP contribution in [-0.4, -0.2) is 25.3 Å². The number of benzene rings is 2. The Morgan fingerprint density at radius 3 is 2.36 bits per heavy atom. The number of halogens is 1. The van der Waals surface area contributed by atoms with E-state index in [2.05, 4.69) is 21.9 Å². The van der Waals surface area contributed by atoms with E-state index in [0.29, 0.717) is 28.2 Å². The molecule has 25 heavy (non-hydrogen) atoms. The summed E-state index contributed by atoms with van der Waals surface area (Å²) in [7, 11) is 1.50. The Bertz CT molecular complexity index is 914. The lowest BCUT2D eigenvalue weighted by Gasteiger charge is -2.13.